The Hall–Kier alpha value is -3.01. The maximum Gasteiger partial charge on any atom is 0.290 e. The van der Waals surface area contributed by atoms with Crippen LogP contribution in [-0.4, -0.2) is 44.2 Å². The summed E-state index contributed by atoms with van der Waals surface area (Å²) in [5.74, 6) is 0.861. The molecule has 2 aliphatic rings. The number of aromatic nitrogens is 4. The van der Waals surface area contributed by atoms with Gasteiger partial charge in [-0.25, -0.2) is 15.0 Å². The van der Waals surface area contributed by atoms with Crippen LogP contribution in [0.4, 0.5) is 10.7 Å². The average Bonchev–Trinajstić information content (AvgIpc) is 2.98. The summed E-state index contributed by atoms with van der Waals surface area (Å²) < 4.78 is 0. The molecule has 4 heterocycles. The Morgan fingerprint density at radius 3 is 2.89 bits per heavy atom. The molecule has 0 saturated carbocycles. The van der Waals surface area contributed by atoms with Crippen LogP contribution in [0.15, 0.2) is 28.0 Å². The van der Waals surface area contributed by atoms with E-state index in [0.29, 0.717) is 28.9 Å². The molecule has 2 amide bonds. The van der Waals surface area contributed by atoms with Crippen molar-refractivity contribution in [3.05, 3.63) is 50.8 Å². The lowest BCUT2D eigenvalue weighted by atomic mass is 9.94. The zero-order valence-electron chi connectivity index (χ0n) is 15.1. The second kappa shape index (κ2) is 7.55. The van der Waals surface area contributed by atoms with Gasteiger partial charge in [-0.2, -0.15) is 0 Å². The molecular formula is C18H18N6O3S. The lowest BCUT2D eigenvalue weighted by Crippen LogP contribution is -2.36. The molecule has 144 valence electrons. The lowest BCUT2D eigenvalue weighted by Gasteiger charge is -2.32. The molecule has 2 aromatic heterocycles. The van der Waals surface area contributed by atoms with Crippen molar-refractivity contribution in [2.75, 3.05) is 18.0 Å². The second-order valence-corrected chi connectivity index (χ2v) is 7.69. The summed E-state index contributed by atoms with van der Waals surface area (Å²) in [6, 6.07) is 3.24. The van der Waals surface area contributed by atoms with Gasteiger partial charge < -0.3 is 9.88 Å². The maximum absolute atomic E-state index is 11.8. The highest BCUT2D eigenvalue weighted by molar-refractivity contribution is 8.18. The minimum absolute atomic E-state index is 0.120. The molecular weight excluding hydrogens is 380 g/mol. The molecule has 0 aliphatic carbocycles. The minimum Gasteiger partial charge on any atom is -0.340 e. The molecule has 0 aromatic carbocycles. The van der Waals surface area contributed by atoms with Crippen molar-refractivity contribution < 1.29 is 9.59 Å². The van der Waals surface area contributed by atoms with Crippen LogP contribution < -0.4 is 15.8 Å². The molecule has 2 aromatic rings. The molecule has 10 heteroatoms. The van der Waals surface area contributed by atoms with Crippen LogP contribution >= 0.6 is 11.8 Å². The number of piperidine rings is 1. The largest absolute Gasteiger partial charge is 0.340 e. The van der Waals surface area contributed by atoms with E-state index in [1.165, 1.54) is 0 Å². The number of carbonyl (C=O) groups excluding carboxylic acids is 2. The van der Waals surface area contributed by atoms with Crippen molar-refractivity contribution in [1.29, 1.82) is 0 Å². The first kappa shape index (κ1) is 18.4. The number of thioether (sulfide) groups is 1. The Morgan fingerprint density at radius 1 is 1.29 bits per heavy atom. The number of hydrogen-bond donors (Lipinski definition) is 2. The van der Waals surface area contributed by atoms with E-state index in [4.69, 9.17) is 0 Å². The first-order valence-electron chi connectivity index (χ1n) is 8.88. The van der Waals surface area contributed by atoms with E-state index in [1.807, 2.05) is 0 Å². The molecule has 0 spiro atoms. The van der Waals surface area contributed by atoms with Crippen LogP contribution in [0.1, 0.15) is 36.0 Å². The van der Waals surface area contributed by atoms with Gasteiger partial charge in [-0.3, -0.25) is 19.7 Å². The molecule has 2 saturated heterocycles. The summed E-state index contributed by atoms with van der Waals surface area (Å²) in [6.07, 6.45) is 5.08. The number of imide groups is 1. The molecule has 0 bridgehead atoms. The topological polar surface area (TPSA) is 121 Å². The first-order valence-corrected chi connectivity index (χ1v) is 9.70. The number of carbonyl (C=O) groups is 2. The van der Waals surface area contributed by atoms with Crippen LogP contribution in [0.3, 0.4) is 0 Å². The van der Waals surface area contributed by atoms with Gasteiger partial charge in [0, 0.05) is 31.3 Å². The van der Waals surface area contributed by atoms with Gasteiger partial charge in [-0.05, 0) is 43.7 Å². The van der Waals surface area contributed by atoms with E-state index in [0.717, 1.165) is 36.8 Å². The van der Waals surface area contributed by atoms with E-state index < -0.39 is 5.91 Å². The lowest BCUT2D eigenvalue weighted by molar-refractivity contribution is -0.115. The van der Waals surface area contributed by atoms with Crippen LogP contribution in [-0.2, 0) is 4.79 Å². The fourth-order valence-corrected chi connectivity index (χ4v) is 4.03. The zero-order valence-corrected chi connectivity index (χ0v) is 16.0. The Morgan fingerprint density at radius 2 is 2.14 bits per heavy atom. The number of aromatic amines is 1. The maximum atomic E-state index is 11.8. The highest BCUT2D eigenvalue weighted by Crippen LogP contribution is 2.28. The van der Waals surface area contributed by atoms with Gasteiger partial charge in [-0.15, -0.1) is 0 Å². The highest BCUT2D eigenvalue weighted by Gasteiger charge is 2.26. The summed E-state index contributed by atoms with van der Waals surface area (Å²) in [5, 5.41) is 1.84. The van der Waals surface area contributed by atoms with E-state index >= 15 is 0 Å². The van der Waals surface area contributed by atoms with Crippen LogP contribution in [0, 0.1) is 6.92 Å². The smallest absolute Gasteiger partial charge is 0.290 e. The van der Waals surface area contributed by atoms with Gasteiger partial charge in [-0.1, -0.05) is 0 Å². The molecule has 28 heavy (non-hydrogen) atoms. The highest BCUT2D eigenvalue weighted by atomic mass is 32.2. The average molecular weight is 398 g/mol. The van der Waals surface area contributed by atoms with Gasteiger partial charge in [0.05, 0.1) is 16.3 Å². The quantitative estimate of drug-likeness (QED) is 0.748. The molecule has 9 nitrogen and oxygen atoms in total. The van der Waals surface area contributed by atoms with E-state index in [9.17, 15) is 14.4 Å². The summed E-state index contributed by atoms with van der Waals surface area (Å²) in [5.41, 5.74) is 1.19. The van der Waals surface area contributed by atoms with Crippen LogP contribution in [0.25, 0.3) is 6.08 Å². The number of amides is 2. The Balaban J connectivity index is 1.56. The van der Waals surface area contributed by atoms with Crippen molar-refractivity contribution in [3.8, 4) is 0 Å². The Kier molecular flexibility index (Phi) is 4.95. The number of H-pyrrole nitrogens is 1. The molecule has 2 N–H and O–H groups in total. The Bertz CT molecular complexity index is 1030. The number of rotatable bonds is 3. The van der Waals surface area contributed by atoms with Gasteiger partial charge >= 0.3 is 0 Å². The number of nitrogens with zero attached hydrogens (tertiary/aromatic N) is 4. The van der Waals surface area contributed by atoms with Gasteiger partial charge in [0.2, 0.25) is 5.95 Å². The molecule has 1 unspecified atom stereocenters. The third-order valence-corrected chi connectivity index (χ3v) is 5.40. The van der Waals surface area contributed by atoms with Gasteiger partial charge in [0.15, 0.2) is 0 Å². The summed E-state index contributed by atoms with van der Waals surface area (Å²) in [7, 11) is 0. The van der Waals surface area contributed by atoms with Crippen LogP contribution in [0.5, 0.6) is 0 Å². The summed E-state index contributed by atoms with van der Waals surface area (Å²) in [6.45, 7) is 3.23. The zero-order chi connectivity index (χ0) is 19.7. The normalized spacial score (nSPS) is 21.2. The molecule has 4 rings (SSSR count). The van der Waals surface area contributed by atoms with Gasteiger partial charge in [0.25, 0.3) is 16.7 Å². The minimum atomic E-state index is -0.413. The number of anilines is 1. The molecule has 0 radical (unpaired) electrons. The monoisotopic (exact) mass is 398 g/mol. The second-order valence-electron chi connectivity index (χ2n) is 6.67. The summed E-state index contributed by atoms with van der Waals surface area (Å²) in [4.78, 5) is 53.2. The van der Waals surface area contributed by atoms with Gasteiger partial charge in [0.1, 0.15) is 5.82 Å². The van der Waals surface area contributed by atoms with E-state index in [2.05, 4.69) is 30.2 Å². The van der Waals surface area contributed by atoms with Crippen molar-refractivity contribution in [2.45, 2.75) is 25.7 Å². The van der Waals surface area contributed by atoms with Crippen molar-refractivity contribution >= 4 is 34.9 Å². The van der Waals surface area contributed by atoms with Crippen molar-refractivity contribution in [3.63, 3.8) is 0 Å². The molecule has 2 fully saturated rings. The van der Waals surface area contributed by atoms with E-state index in [1.54, 1.807) is 31.3 Å². The van der Waals surface area contributed by atoms with Crippen molar-refractivity contribution in [1.82, 2.24) is 25.3 Å². The number of nitrogens with one attached hydrogen (secondary N) is 2. The fraction of sp³-hybridized carbons (Fsp3) is 0.333. The SMILES string of the molecule is Cc1nc(C2CCCN(c3nccc(C=C4SC(=O)NC4=O)n3)C2)cc(=O)[nH]1. The predicted octanol–water partition coefficient (Wildman–Crippen LogP) is 1.58. The first-order chi connectivity index (χ1) is 13.5. The summed E-state index contributed by atoms with van der Waals surface area (Å²) >= 11 is 0.857. The molecule has 2 aliphatic heterocycles. The van der Waals surface area contributed by atoms with Crippen molar-refractivity contribution in [2.24, 2.45) is 0 Å². The van der Waals surface area contributed by atoms with Crippen LogP contribution in [0.2, 0.25) is 0 Å². The standard InChI is InChI=1S/C18H18N6O3S/c1-10-20-13(8-15(25)21-10)11-3-2-6-24(9-11)17-19-5-4-12(22-17)7-14-16(26)23-18(27)28-14/h4-5,7-8,11H,2-3,6,9H2,1H3,(H,20,21,25)(H,23,26,27). The van der Waals surface area contributed by atoms with E-state index in [-0.39, 0.29) is 16.7 Å². The molecule has 1 atom stereocenters. The third-order valence-electron chi connectivity index (χ3n) is 4.59. The number of hydrogen-bond acceptors (Lipinski definition) is 8. The third kappa shape index (κ3) is 3.96. The Labute approximate surface area is 164 Å². The fourth-order valence-electron chi connectivity index (χ4n) is 3.36. The number of aryl methyl sites for hydroxylation is 1. The predicted molar refractivity (Wildman–Crippen MR) is 105 cm³/mol.